The Morgan fingerprint density at radius 2 is 0.784 bits per heavy atom. The van der Waals surface area contributed by atoms with Gasteiger partial charge >= 0.3 is 0 Å². The number of hydrogen-bond donors (Lipinski definition) is 3. The average molecular weight is 1570 g/mol. The zero-order chi connectivity index (χ0) is 77.9. The van der Waals surface area contributed by atoms with Crippen LogP contribution in [0, 0.1) is 29.1 Å². The van der Waals surface area contributed by atoms with Crippen LogP contribution in [0.3, 0.4) is 0 Å². The van der Waals surface area contributed by atoms with Crippen molar-refractivity contribution >= 4 is 131 Å². The first-order valence-electron chi connectivity index (χ1n) is 36.5. The maximum absolute atomic E-state index is 14.8. The highest BCUT2D eigenvalue weighted by Crippen LogP contribution is 2.48. The Kier molecular flexibility index (Phi) is 20.6. The Hall–Kier alpha value is -11.1. The molecule has 26 heteroatoms. The number of halogens is 5. The lowest BCUT2D eigenvalue weighted by molar-refractivity contribution is -0.113. The number of ether oxygens (including phenoxy) is 3. The molecule has 8 aliphatic rings. The third-order valence-corrected chi connectivity index (χ3v) is 25.5. The fourth-order valence-electron chi connectivity index (χ4n) is 15.2. The van der Waals surface area contributed by atoms with Crippen LogP contribution < -0.4 is 28.4 Å². The molecular weight excluding hydrogens is 1490 g/mol. The monoisotopic (exact) mass is 1560 g/mol. The minimum atomic E-state index is -2.99. The number of ketones is 3. The van der Waals surface area contributed by atoms with Crippen LogP contribution in [0.4, 0.5) is 22.0 Å². The number of amides is 3. The molecule has 2 saturated carbocycles. The Balaban J connectivity index is 0.000000132. The third kappa shape index (κ3) is 15.1. The summed E-state index contributed by atoms with van der Waals surface area (Å²) in [6.07, 6.45) is 25.0. The molecular formula is C85H77F5N6O12S3. The average Bonchev–Trinajstić information content (AvgIpc) is 1.59. The summed E-state index contributed by atoms with van der Waals surface area (Å²) in [6, 6.07) is 23.9. The highest BCUT2D eigenvalue weighted by atomic mass is 32.2. The van der Waals surface area contributed by atoms with Gasteiger partial charge in [-0.25, -0.2) is 34.6 Å². The van der Waals surface area contributed by atoms with E-state index in [1.165, 1.54) is 16.9 Å². The maximum atomic E-state index is 14.8. The Morgan fingerprint density at radius 1 is 0.450 bits per heavy atom. The van der Waals surface area contributed by atoms with Crippen LogP contribution in [-0.2, 0) is 82.4 Å². The van der Waals surface area contributed by atoms with E-state index in [0.29, 0.717) is 122 Å². The normalized spacial score (nSPS) is 18.0. The Labute approximate surface area is 637 Å². The van der Waals surface area contributed by atoms with Crippen LogP contribution in [0.25, 0.3) is 49.4 Å². The molecule has 17 rings (SSSR count). The van der Waals surface area contributed by atoms with Crippen molar-refractivity contribution in [2.45, 2.75) is 114 Å². The van der Waals surface area contributed by atoms with Crippen molar-refractivity contribution in [3.05, 3.63) is 248 Å². The van der Waals surface area contributed by atoms with Gasteiger partial charge < -0.3 is 27.9 Å². The number of hydrogen-bond acceptors (Lipinski definition) is 12. The Bertz CT molecular complexity index is 6070. The second-order valence-electron chi connectivity index (χ2n) is 28.7. The number of Topliss-reactive ketones (excluding diaryl/α,β-unsaturated/α-hetero) is 3. The summed E-state index contributed by atoms with van der Waals surface area (Å²) in [5.74, 6) is 7.39. The molecule has 3 atom stereocenters. The van der Waals surface area contributed by atoms with Gasteiger partial charge in [-0.05, 0) is 159 Å². The molecule has 0 radical (unpaired) electrons. The smallest absolute Gasteiger partial charge is 0.279 e. The molecule has 6 aromatic carbocycles. The first-order chi connectivity index (χ1) is 53.2. The zero-order valence-electron chi connectivity index (χ0n) is 60.5. The molecule has 0 saturated heterocycles. The van der Waals surface area contributed by atoms with E-state index in [4.69, 9.17) is 14.2 Å². The van der Waals surface area contributed by atoms with E-state index in [9.17, 15) is 63.3 Å². The molecule has 3 N–H and O–H groups in total. The van der Waals surface area contributed by atoms with Crippen LogP contribution >= 0.6 is 0 Å². The fourth-order valence-corrected chi connectivity index (χ4v) is 18.7. The van der Waals surface area contributed by atoms with E-state index in [-0.39, 0.29) is 95.0 Å². The second-order valence-corrected chi connectivity index (χ2v) is 35.6. The van der Waals surface area contributed by atoms with E-state index in [1.807, 2.05) is 30.3 Å². The van der Waals surface area contributed by atoms with Crippen molar-refractivity contribution < 1.29 is 77.6 Å². The molecule has 111 heavy (non-hydrogen) atoms. The highest BCUT2D eigenvalue weighted by Gasteiger charge is 2.40. The van der Waals surface area contributed by atoms with E-state index in [2.05, 4.69) is 31.8 Å². The second kappa shape index (κ2) is 30.3. The number of nitrogens with one attached hydrogen (secondary N) is 3. The van der Waals surface area contributed by atoms with Crippen LogP contribution in [-0.4, -0.2) is 116 Å². The number of aromatic nitrogens is 3. The summed E-state index contributed by atoms with van der Waals surface area (Å²) >= 11 is 0. The fraction of sp³-hybridized carbons (Fsp3) is 0.259. The highest BCUT2D eigenvalue weighted by molar-refractivity contribution is 8.00. The quantitative estimate of drug-likeness (QED) is 0.0571. The zero-order valence-corrected chi connectivity index (χ0v) is 62.9. The summed E-state index contributed by atoms with van der Waals surface area (Å²) in [5.41, 5.74) is 7.25. The number of aryl methyl sites for hydroxylation is 3. The van der Waals surface area contributed by atoms with Gasteiger partial charge in [-0.3, -0.25) is 42.9 Å². The number of carbonyl (C=O) groups is 6. The molecule has 572 valence electrons. The summed E-state index contributed by atoms with van der Waals surface area (Å²) in [7, 11) is -8.82. The lowest BCUT2D eigenvalue weighted by Gasteiger charge is -2.19. The Morgan fingerprint density at radius 3 is 1.12 bits per heavy atom. The van der Waals surface area contributed by atoms with Gasteiger partial charge in [-0.2, -0.15) is 0 Å². The number of allylic oxidation sites excluding steroid dienone is 12. The van der Waals surface area contributed by atoms with Crippen molar-refractivity contribution in [1.29, 1.82) is 0 Å². The van der Waals surface area contributed by atoms with Crippen LogP contribution in [0.15, 0.2) is 152 Å². The first kappa shape index (κ1) is 75.3. The van der Waals surface area contributed by atoms with Gasteiger partial charge in [0.05, 0.1) is 91.6 Å². The predicted molar refractivity (Wildman–Crippen MR) is 424 cm³/mol. The van der Waals surface area contributed by atoms with Crippen LogP contribution in [0.1, 0.15) is 146 Å². The molecule has 3 unspecified atom stereocenters. The largest absolute Gasteiger partial charge is 0.493 e. The van der Waals surface area contributed by atoms with Crippen molar-refractivity contribution in [3.8, 4) is 17.2 Å². The molecule has 18 nitrogen and oxygen atoms in total. The van der Waals surface area contributed by atoms with Crippen molar-refractivity contribution in [3.63, 3.8) is 0 Å². The molecule has 5 aliphatic carbocycles. The SMILES string of the molecule is C=S(=O)(NC(=O)c1c(C2=CC=CCC2=O)c2c3c(ccc2n1Cc1cc(F)ccc1F)CCCO3)C1CC1.C=S(=O)(NC(=O)c1c(C2=CC=CCC2=O)c2c3c(ccc2n1Cc1ccccc1F)CCCO3)C1CC1.C=S(C)(=O)NC(=O)c1c(C2=CC=CCC2=O)c2c3c(ccc2n1Cc1cc(F)ccc1F)CCCO3. The van der Waals surface area contributed by atoms with Crippen LogP contribution in [0.2, 0.25) is 0 Å². The van der Waals surface area contributed by atoms with E-state index >= 15 is 0 Å². The molecule has 3 aromatic heterocycles. The van der Waals surface area contributed by atoms with Gasteiger partial charge in [-0.15, -0.1) is 0 Å². The molecule has 2 fully saturated rings. The van der Waals surface area contributed by atoms with Gasteiger partial charge in [0.2, 0.25) is 0 Å². The third-order valence-electron chi connectivity index (χ3n) is 20.7. The summed E-state index contributed by atoms with van der Waals surface area (Å²) in [4.78, 5) is 80.9. The topological polar surface area (TPSA) is 232 Å². The number of nitrogens with zero attached hydrogens (tertiary/aromatic N) is 3. The molecule has 0 spiro atoms. The van der Waals surface area contributed by atoms with Crippen molar-refractivity contribution in [2.75, 3.05) is 26.1 Å². The van der Waals surface area contributed by atoms with Gasteiger partial charge in [0.25, 0.3) is 17.7 Å². The lowest BCUT2D eigenvalue weighted by atomic mass is 9.91. The molecule has 3 amide bonds. The number of benzene rings is 6. The molecule has 9 aromatic rings. The summed E-state index contributed by atoms with van der Waals surface area (Å²) < 4.78 is 142. The van der Waals surface area contributed by atoms with Gasteiger partial charge in [0, 0.05) is 95.8 Å². The summed E-state index contributed by atoms with van der Waals surface area (Å²) in [6.45, 7) is 1.10. The first-order valence-corrected chi connectivity index (χ1v) is 42.2. The van der Waals surface area contributed by atoms with E-state index < -0.39 is 75.9 Å². The molecule has 3 aliphatic heterocycles. The number of rotatable bonds is 17. The standard InChI is InChI=1S/C29H26F2N2O4S.C29H27FN2O4S.C27H24F2N2O4S/c1-38(36,20-10-11-20)32-29(35)27-25(21-6-2-3-7-24(21)34)26-23(13-8-17-5-4-14-37-28(17)26)33(27)16-18-15-19(30)9-12-22(18)31;1-37(35,20-13-14-20)31-29(34)27-25(21-9-3-5-11-24(21)33)26-23(15-12-18-8-6-16-36-28(18)26)32(27)17-19-7-2-4-10-22(19)30;1-36(2,34)30-27(33)25-23(19-7-3-4-8-22(19)32)24-21(12-9-16-6-5-13-35-26(16)24)31(25)15-17-14-18(28)10-11-20(17)29/h2-3,6,8-9,12-13,15,20H,1,4-5,7,10-11,14,16H2,(H,32,35,36);2-5,7,9-10,12,15,20H,1,6,8,11,13-14,16-17H2,(H,31,34,35);3-4,7,9-12,14H,1,5-6,8,13,15H2,2H3,(H,30,33,34). The number of fused-ring (bicyclic) bond motifs is 9. The minimum Gasteiger partial charge on any atom is -0.493 e. The van der Waals surface area contributed by atoms with Crippen molar-refractivity contribution in [2.24, 2.45) is 0 Å². The summed E-state index contributed by atoms with van der Waals surface area (Å²) in [5, 5.41) is 1.36. The van der Waals surface area contributed by atoms with Gasteiger partial charge in [0.15, 0.2) is 17.3 Å². The van der Waals surface area contributed by atoms with Crippen LogP contribution in [0.5, 0.6) is 17.2 Å². The molecule has 0 bridgehead atoms. The lowest BCUT2D eigenvalue weighted by Crippen LogP contribution is -2.35. The maximum Gasteiger partial charge on any atom is 0.279 e. The van der Waals surface area contributed by atoms with E-state index in [0.717, 1.165) is 104 Å². The molecule has 6 heterocycles. The van der Waals surface area contributed by atoms with Gasteiger partial charge in [0.1, 0.15) is 63.4 Å². The van der Waals surface area contributed by atoms with Crippen molar-refractivity contribution in [1.82, 2.24) is 27.9 Å². The number of carbonyl (C=O) groups excluding carboxylic acids is 6. The van der Waals surface area contributed by atoms with Gasteiger partial charge in [-0.1, -0.05) is 91.1 Å². The minimum absolute atomic E-state index is 0.00404. The predicted octanol–water partition coefficient (Wildman–Crippen LogP) is 13.5. The van der Waals surface area contributed by atoms with E-state index in [1.54, 1.807) is 88.1 Å².